The van der Waals surface area contributed by atoms with Gasteiger partial charge in [-0.3, -0.25) is 0 Å². The minimum absolute atomic E-state index is 0.0988. The van der Waals surface area contributed by atoms with E-state index in [0.717, 1.165) is 12.1 Å². The molecule has 0 aliphatic carbocycles. The van der Waals surface area contributed by atoms with E-state index in [-0.39, 0.29) is 11.5 Å². The number of benzene rings is 1. The molecule has 1 aromatic rings. The monoisotopic (exact) mass is 193 g/mol. The second kappa shape index (κ2) is 3.53. The summed E-state index contributed by atoms with van der Waals surface area (Å²) in [7, 11) is 0. The summed E-state index contributed by atoms with van der Waals surface area (Å²) >= 11 is 0. The fraction of sp³-hybridized carbons (Fsp3) is 0.143. The molecule has 0 atom stereocenters. The van der Waals surface area contributed by atoms with E-state index in [1.54, 1.807) is 0 Å². The van der Waals surface area contributed by atoms with Gasteiger partial charge in [-0.05, 0) is 12.1 Å². The van der Waals surface area contributed by atoms with Crippen molar-refractivity contribution in [3.05, 3.63) is 24.3 Å². The molecule has 2 N–H and O–H groups in total. The summed E-state index contributed by atoms with van der Waals surface area (Å²) in [5, 5.41) is 0. The van der Waals surface area contributed by atoms with E-state index in [1.165, 1.54) is 12.1 Å². The molecule has 13 heavy (non-hydrogen) atoms. The lowest BCUT2D eigenvalue weighted by Crippen LogP contribution is -2.17. The molecule has 1 aromatic carbocycles. The normalized spacial score (nSPS) is 11.1. The maximum absolute atomic E-state index is 11.7. The highest BCUT2D eigenvalue weighted by atomic mass is 19.4. The molecular formula is C7H6F3NO2. The first-order valence-corrected chi connectivity index (χ1v) is 3.24. The zero-order valence-corrected chi connectivity index (χ0v) is 6.34. The molecule has 3 nitrogen and oxygen atoms in total. The Morgan fingerprint density at radius 2 is 1.77 bits per heavy atom. The third-order valence-corrected chi connectivity index (χ3v) is 1.18. The van der Waals surface area contributed by atoms with Crippen molar-refractivity contribution >= 4 is 0 Å². The Kier molecular flexibility index (Phi) is 2.62. The van der Waals surface area contributed by atoms with E-state index in [0.29, 0.717) is 0 Å². The van der Waals surface area contributed by atoms with Crippen molar-refractivity contribution in [1.29, 1.82) is 0 Å². The molecule has 0 saturated heterocycles. The molecule has 0 spiro atoms. The molecule has 0 aliphatic heterocycles. The van der Waals surface area contributed by atoms with Gasteiger partial charge in [0, 0.05) is 6.07 Å². The van der Waals surface area contributed by atoms with Crippen LogP contribution in [0, 0.1) is 0 Å². The third-order valence-electron chi connectivity index (χ3n) is 1.18. The second-order valence-electron chi connectivity index (χ2n) is 2.14. The molecule has 0 amide bonds. The van der Waals surface area contributed by atoms with E-state index in [4.69, 9.17) is 5.90 Å². The molecule has 1 rings (SSSR count). The Morgan fingerprint density at radius 3 is 2.31 bits per heavy atom. The highest BCUT2D eigenvalue weighted by molar-refractivity contribution is 5.32. The molecule has 0 saturated carbocycles. The van der Waals surface area contributed by atoms with Crippen molar-refractivity contribution in [1.82, 2.24) is 0 Å². The molecule has 0 radical (unpaired) electrons. The van der Waals surface area contributed by atoms with E-state index < -0.39 is 6.36 Å². The quantitative estimate of drug-likeness (QED) is 0.729. The SMILES string of the molecule is NOc1cccc(OC(F)(F)F)c1. The first kappa shape index (κ1) is 9.66. The summed E-state index contributed by atoms with van der Waals surface area (Å²) in [4.78, 5) is 4.22. The van der Waals surface area contributed by atoms with Gasteiger partial charge in [0.05, 0.1) is 0 Å². The standard InChI is InChI=1S/C7H6F3NO2/c8-7(9,10)12-5-2-1-3-6(4-5)13-11/h1-4H,11H2. The summed E-state index contributed by atoms with van der Waals surface area (Å²) in [6, 6.07) is 4.93. The average Bonchev–Trinajstić information content (AvgIpc) is 2.01. The Labute approximate surface area is 71.8 Å². The average molecular weight is 193 g/mol. The predicted molar refractivity (Wildman–Crippen MR) is 37.9 cm³/mol. The summed E-state index contributed by atoms with van der Waals surface area (Å²) in [5.41, 5.74) is 0. The van der Waals surface area contributed by atoms with Gasteiger partial charge in [-0.2, -0.15) is 5.90 Å². The molecule has 0 bridgehead atoms. The fourth-order valence-corrected chi connectivity index (χ4v) is 0.745. The second-order valence-corrected chi connectivity index (χ2v) is 2.14. The van der Waals surface area contributed by atoms with E-state index >= 15 is 0 Å². The summed E-state index contributed by atoms with van der Waals surface area (Å²) in [5.74, 6) is 4.48. The maximum Gasteiger partial charge on any atom is 0.573 e. The zero-order valence-electron chi connectivity index (χ0n) is 6.34. The van der Waals surface area contributed by atoms with Crippen LogP contribution in [0.25, 0.3) is 0 Å². The molecule has 0 heterocycles. The van der Waals surface area contributed by atoms with Crippen molar-refractivity contribution in [3.8, 4) is 11.5 Å². The van der Waals surface area contributed by atoms with Gasteiger partial charge in [0.1, 0.15) is 5.75 Å². The minimum atomic E-state index is -4.70. The summed E-state index contributed by atoms with van der Waals surface area (Å²) in [6.45, 7) is 0. The van der Waals surface area contributed by atoms with E-state index in [1.807, 2.05) is 0 Å². The van der Waals surface area contributed by atoms with Crippen LogP contribution in [0.5, 0.6) is 11.5 Å². The van der Waals surface area contributed by atoms with E-state index in [2.05, 4.69) is 9.57 Å². The smallest absolute Gasteiger partial charge is 0.411 e. The minimum Gasteiger partial charge on any atom is -0.411 e. The number of hydrogen-bond acceptors (Lipinski definition) is 3. The third kappa shape index (κ3) is 3.20. The molecule has 0 unspecified atom stereocenters. The number of ether oxygens (including phenoxy) is 1. The zero-order chi connectivity index (χ0) is 9.90. The van der Waals surface area contributed by atoms with Gasteiger partial charge in [0.15, 0.2) is 5.75 Å². The highest BCUT2D eigenvalue weighted by Crippen LogP contribution is 2.25. The fourth-order valence-electron chi connectivity index (χ4n) is 0.745. The van der Waals surface area contributed by atoms with Gasteiger partial charge < -0.3 is 9.57 Å². The predicted octanol–water partition coefficient (Wildman–Crippen LogP) is 1.84. The van der Waals surface area contributed by atoms with Crippen LogP contribution < -0.4 is 15.5 Å². The van der Waals surface area contributed by atoms with Gasteiger partial charge in [-0.1, -0.05) is 6.07 Å². The molecule has 72 valence electrons. The van der Waals surface area contributed by atoms with Crippen LogP contribution in [0.4, 0.5) is 13.2 Å². The van der Waals surface area contributed by atoms with Crippen LogP contribution in [0.15, 0.2) is 24.3 Å². The Hall–Kier alpha value is -1.43. The number of nitrogens with two attached hydrogens (primary N) is 1. The summed E-state index contributed by atoms with van der Waals surface area (Å²) in [6.07, 6.45) is -4.70. The number of alkyl halides is 3. The van der Waals surface area contributed by atoms with Crippen LogP contribution in [0.2, 0.25) is 0 Å². The van der Waals surface area contributed by atoms with Gasteiger partial charge in [0.25, 0.3) is 0 Å². The van der Waals surface area contributed by atoms with Crippen molar-refractivity contribution in [2.24, 2.45) is 5.90 Å². The van der Waals surface area contributed by atoms with Gasteiger partial charge in [-0.15, -0.1) is 13.2 Å². The van der Waals surface area contributed by atoms with Gasteiger partial charge in [0.2, 0.25) is 0 Å². The van der Waals surface area contributed by atoms with Crippen molar-refractivity contribution in [2.75, 3.05) is 0 Å². The van der Waals surface area contributed by atoms with Gasteiger partial charge in [-0.25, -0.2) is 0 Å². The number of hydrogen-bond donors (Lipinski definition) is 1. The first-order chi connectivity index (χ1) is 6.01. The van der Waals surface area contributed by atoms with Crippen LogP contribution in [-0.4, -0.2) is 6.36 Å². The first-order valence-electron chi connectivity index (χ1n) is 3.24. The molecule has 0 aromatic heterocycles. The molecule has 0 fully saturated rings. The van der Waals surface area contributed by atoms with E-state index in [9.17, 15) is 13.2 Å². The Balaban J connectivity index is 2.78. The van der Waals surface area contributed by atoms with Crippen molar-refractivity contribution < 1.29 is 22.7 Å². The number of rotatable bonds is 2. The van der Waals surface area contributed by atoms with Crippen LogP contribution in [0.3, 0.4) is 0 Å². The molecule has 0 aliphatic rings. The van der Waals surface area contributed by atoms with Crippen LogP contribution >= 0.6 is 0 Å². The lowest BCUT2D eigenvalue weighted by molar-refractivity contribution is -0.274. The Bertz CT molecular complexity index is 287. The molecule has 6 heteroatoms. The van der Waals surface area contributed by atoms with Crippen LogP contribution in [0.1, 0.15) is 0 Å². The topological polar surface area (TPSA) is 44.5 Å². The number of halogens is 3. The Morgan fingerprint density at radius 1 is 1.15 bits per heavy atom. The maximum atomic E-state index is 11.7. The van der Waals surface area contributed by atoms with Crippen molar-refractivity contribution in [2.45, 2.75) is 6.36 Å². The van der Waals surface area contributed by atoms with Crippen LogP contribution in [-0.2, 0) is 0 Å². The largest absolute Gasteiger partial charge is 0.573 e. The molecular weight excluding hydrogens is 187 g/mol. The van der Waals surface area contributed by atoms with Gasteiger partial charge >= 0.3 is 6.36 Å². The summed E-state index contributed by atoms with van der Waals surface area (Å²) < 4.78 is 38.7. The lowest BCUT2D eigenvalue weighted by atomic mass is 10.3. The van der Waals surface area contributed by atoms with Crippen molar-refractivity contribution in [3.63, 3.8) is 0 Å². The lowest BCUT2D eigenvalue weighted by Gasteiger charge is -2.08. The highest BCUT2D eigenvalue weighted by Gasteiger charge is 2.31.